The van der Waals surface area contributed by atoms with E-state index in [2.05, 4.69) is 0 Å². The summed E-state index contributed by atoms with van der Waals surface area (Å²) in [4.78, 5) is 36.5. The highest BCUT2D eigenvalue weighted by atomic mass is 16.5. The summed E-state index contributed by atoms with van der Waals surface area (Å²) >= 11 is 0. The predicted octanol–water partition coefficient (Wildman–Crippen LogP) is 2.67. The van der Waals surface area contributed by atoms with E-state index in [1.807, 2.05) is 0 Å². The number of esters is 1. The molecule has 0 bridgehead atoms. The minimum Gasteiger partial charge on any atom is -0.497 e. The Bertz CT molecular complexity index is 532. The minimum absolute atomic E-state index is 0.208. The quantitative estimate of drug-likeness (QED) is 0.419. The van der Waals surface area contributed by atoms with Crippen LogP contribution in [0.3, 0.4) is 0 Å². The standard InChI is InChI=1S/C17H22O5/c1-5-14(15(18)11(3)17(20)22-6-2)16(19)12-7-9-13(21-4)10-8-12/h7-11,14H,5-6H2,1-4H3. The monoisotopic (exact) mass is 306 g/mol. The van der Waals surface area contributed by atoms with Gasteiger partial charge in [0.25, 0.3) is 0 Å². The molecule has 0 heterocycles. The van der Waals surface area contributed by atoms with Gasteiger partial charge in [0.05, 0.1) is 19.6 Å². The van der Waals surface area contributed by atoms with Gasteiger partial charge in [-0.1, -0.05) is 6.92 Å². The zero-order chi connectivity index (χ0) is 16.7. The van der Waals surface area contributed by atoms with Crippen LogP contribution in [0, 0.1) is 11.8 Å². The zero-order valence-corrected chi connectivity index (χ0v) is 13.4. The maximum absolute atomic E-state index is 12.5. The van der Waals surface area contributed by atoms with E-state index in [9.17, 15) is 14.4 Å². The number of carbonyl (C=O) groups excluding carboxylic acids is 3. The van der Waals surface area contributed by atoms with Crippen LogP contribution in [0.1, 0.15) is 37.6 Å². The first-order valence-corrected chi connectivity index (χ1v) is 7.34. The third-order valence-electron chi connectivity index (χ3n) is 3.51. The fraction of sp³-hybridized carbons (Fsp3) is 0.471. The van der Waals surface area contributed by atoms with E-state index >= 15 is 0 Å². The molecule has 120 valence electrons. The van der Waals surface area contributed by atoms with Crippen molar-refractivity contribution in [2.75, 3.05) is 13.7 Å². The Hall–Kier alpha value is -2.17. The Kier molecular flexibility index (Phi) is 6.76. The van der Waals surface area contributed by atoms with E-state index in [0.717, 1.165) is 0 Å². The third kappa shape index (κ3) is 4.16. The number of ether oxygens (including phenoxy) is 2. The molecule has 1 aromatic carbocycles. The second-order valence-electron chi connectivity index (χ2n) is 4.93. The first kappa shape index (κ1) is 17.9. The molecule has 0 radical (unpaired) electrons. The Morgan fingerprint density at radius 3 is 2.14 bits per heavy atom. The molecule has 5 nitrogen and oxygen atoms in total. The molecule has 2 atom stereocenters. The molecule has 0 saturated heterocycles. The number of methoxy groups -OCH3 is 1. The molecule has 22 heavy (non-hydrogen) atoms. The van der Waals surface area contributed by atoms with Crippen LogP contribution in [0.2, 0.25) is 0 Å². The van der Waals surface area contributed by atoms with Crippen molar-refractivity contribution in [2.24, 2.45) is 11.8 Å². The van der Waals surface area contributed by atoms with Gasteiger partial charge < -0.3 is 9.47 Å². The molecule has 0 aliphatic rings. The highest BCUT2D eigenvalue weighted by Gasteiger charge is 2.33. The van der Waals surface area contributed by atoms with Gasteiger partial charge in [0.1, 0.15) is 11.7 Å². The molecule has 0 aromatic heterocycles. The van der Waals surface area contributed by atoms with Crippen LogP contribution < -0.4 is 4.74 Å². The highest BCUT2D eigenvalue weighted by molar-refractivity contribution is 6.15. The van der Waals surface area contributed by atoms with Crippen molar-refractivity contribution in [1.82, 2.24) is 0 Å². The molecule has 0 saturated carbocycles. The van der Waals surface area contributed by atoms with Gasteiger partial charge in [0.2, 0.25) is 0 Å². The molecule has 0 amide bonds. The molecule has 2 unspecified atom stereocenters. The van der Waals surface area contributed by atoms with Gasteiger partial charge in [-0.25, -0.2) is 0 Å². The summed E-state index contributed by atoms with van der Waals surface area (Å²) in [6, 6.07) is 6.57. The average Bonchev–Trinajstić information content (AvgIpc) is 2.54. The first-order valence-electron chi connectivity index (χ1n) is 7.34. The predicted molar refractivity (Wildman–Crippen MR) is 81.9 cm³/mol. The van der Waals surface area contributed by atoms with Crippen molar-refractivity contribution in [3.05, 3.63) is 29.8 Å². The molecular formula is C17H22O5. The van der Waals surface area contributed by atoms with Crippen LogP contribution in [-0.4, -0.2) is 31.3 Å². The summed E-state index contributed by atoms with van der Waals surface area (Å²) in [5, 5.41) is 0. The van der Waals surface area contributed by atoms with Crippen LogP contribution in [0.15, 0.2) is 24.3 Å². The van der Waals surface area contributed by atoms with Gasteiger partial charge in [-0.2, -0.15) is 0 Å². The lowest BCUT2D eigenvalue weighted by molar-refractivity contribution is -0.151. The number of carbonyl (C=O) groups is 3. The molecule has 1 aromatic rings. The number of ketones is 2. The van der Waals surface area contributed by atoms with E-state index in [0.29, 0.717) is 17.7 Å². The highest BCUT2D eigenvalue weighted by Crippen LogP contribution is 2.20. The second-order valence-corrected chi connectivity index (χ2v) is 4.93. The lowest BCUT2D eigenvalue weighted by Gasteiger charge is -2.17. The van der Waals surface area contributed by atoms with Crippen molar-refractivity contribution in [2.45, 2.75) is 27.2 Å². The van der Waals surface area contributed by atoms with Gasteiger partial charge in [-0.15, -0.1) is 0 Å². The van der Waals surface area contributed by atoms with Crippen molar-refractivity contribution in [1.29, 1.82) is 0 Å². The van der Waals surface area contributed by atoms with Crippen molar-refractivity contribution >= 4 is 17.5 Å². The van der Waals surface area contributed by atoms with E-state index in [-0.39, 0.29) is 12.4 Å². The molecular weight excluding hydrogens is 284 g/mol. The molecule has 0 aliphatic carbocycles. The molecule has 0 spiro atoms. The smallest absolute Gasteiger partial charge is 0.316 e. The van der Waals surface area contributed by atoms with E-state index in [1.54, 1.807) is 38.1 Å². The fourth-order valence-electron chi connectivity index (χ4n) is 2.16. The first-order chi connectivity index (χ1) is 10.5. The maximum Gasteiger partial charge on any atom is 0.316 e. The SMILES string of the molecule is CCOC(=O)C(C)C(=O)C(CC)C(=O)c1ccc(OC)cc1. The van der Waals surface area contributed by atoms with Gasteiger partial charge in [0.15, 0.2) is 11.6 Å². The Balaban J connectivity index is 2.91. The lowest BCUT2D eigenvalue weighted by Crippen LogP contribution is -2.33. The van der Waals surface area contributed by atoms with E-state index in [4.69, 9.17) is 9.47 Å². The topological polar surface area (TPSA) is 69.7 Å². The van der Waals surface area contributed by atoms with Crippen LogP contribution >= 0.6 is 0 Å². The van der Waals surface area contributed by atoms with E-state index < -0.39 is 23.6 Å². The van der Waals surface area contributed by atoms with Crippen LogP contribution in [0.5, 0.6) is 5.75 Å². The lowest BCUT2D eigenvalue weighted by atomic mass is 9.86. The summed E-state index contributed by atoms with van der Waals surface area (Å²) < 4.78 is 9.89. The third-order valence-corrected chi connectivity index (χ3v) is 3.51. The van der Waals surface area contributed by atoms with Crippen molar-refractivity contribution in [3.8, 4) is 5.75 Å². The van der Waals surface area contributed by atoms with Gasteiger partial charge in [-0.05, 0) is 44.5 Å². The Morgan fingerprint density at radius 1 is 1.09 bits per heavy atom. The number of rotatable bonds is 8. The molecule has 0 fully saturated rings. The van der Waals surface area contributed by atoms with Gasteiger partial charge >= 0.3 is 5.97 Å². The summed E-state index contributed by atoms with van der Waals surface area (Å²) in [5.41, 5.74) is 0.428. The van der Waals surface area contributed by atoms with Crippen LogP contribution in [0.25, 0.3) is 0 Å². The minimum atomic E-state index is -0.938. The fourth-order valence-corrected chi connectivity index (χ4v) is 2.16. The van der Waals surface area contributed by atoms with Crippen LogP contribution in [0.4, 0.5) is 0 Å². The van der Waals surface area contributed by atoms with Gasteiger partial charge in [0, 0.05) is 5.56 Å². The van der Waals surface area contributed by atoms with Crippen molar-refractivity contribution in [3.63, 3.8) is 0 Å². The average molecular weight is 306 g/mol. The largest absolute Gasteiger partial charge is 0.497 e. The number of Topliss-reactive ketones (excluding diaryl/α,β-unsaturated/α-hetero) is 2. The van der Waals surface area contributed by atoms with Crippen molar-refractivity contribution < 1.29 is 23.9 Å². The summed E-state index contributed by atoms with van der Waals surface area (Å²) in [7, 11) is 1.54. The summed E-state index contributed by atoms with van der Waals surface area (Å²) in [6.45, 7) is 5.11. The number of hydrogen-bond donors (Lipinski definition) is 0. The van der Waals surface area contributed by atoms with Gasteiger partial charge in [-0.3, -0.25) is 14.4 Å². The Morgan fingerprint density at radius 2 is 1.68 bits per heavy atom. The van der Waals surface area contributed by atoms with Crippen LogP contribution in [-0.2, 0) is 14.3 Å². The molecule has 5 heteroatoms. The molecule has 0 aliphatic heterocycles. The van der Waals surface area contributed by atoms with E-state index in [1.165, 1.54) is 14.0 Å². The Labute approximate surface area is 130 Å². The maximum atomic E-state index is 12.5. The molecule has 0 N–H and O–H groups in total. The molecule has 1 rings (SSSR count). The number of benzene rings is 1. The summed E-state index contributed by atoms with van der Waals surface area (Å²) in [5.74, 6) is -2.42. The second kappa shape index (κ2) is 8.32. The zero-order valence-electron chi connectivity index (χ0n) is 13.4. The number of hydrogen-bond acceptors (Lipinski definition) is 5. The normalized spacial score (nSPS) is 13.1. The summed E-state index contributed by atoms with van der Waals surface area (Å²) in [6.07, 6.45) is 0.341.